The number of carbonyl (C=O) groups excluding carboxylic acids is 4. The van der Waals surface area contributed by atoms with Crippen LogP contribution in [0.25, 0.3) is 0 Å². The molecule has 0 saturated carbocycles. The minimum Gasteiger partial charge on any atom is -0.466 e. The van der Waals surface area contributed by atoms with Crippen molar-refractivity contribution in [1.29, 1.82) is 0 Å². The Morgan fingerprint density at radius 3 is 1.94 bits per heavy atom. The molecule has 0 spiro atoms. The van der Waals surface area contributed by atoms with Crippen molar-refractivity contribution in [2.24, 2.45) is 0 Å². The molecule has 0 unspecified atom stereocenters. The highest BCUT2D eigenvalue weighted by molar-refractivity contribution is 5.93. The van der Waals surface area contributed by atoms with Crippen LogP contribution >= 0.6 is 0 Å². The minimum absolute atomic E-state index is 0.0253. The van der Waals surface area contributed by atoms with Crippen LogP contribution in [0.4, 0.5) is 0 Å². The van der Waals surface area contributed by atoms with Gasteiger partial charge in [-0.1, -0.05) is 0 Å². The molecular formula is C11H15NO6. The highest BCUT2D eigenvalue weighted by Gasteiger charge is 2.13. The molecule has 0 atom stereocenters. The maximum absolute atomic E-state index is 11.1. The first kappa shape index (κ1) is 15.8. The average Bonchev–Trinajstić information content (AvgIpc) is 2.30. The van der Waals surface area contributed by atoms with Crippen molar-refractivity contribution < 1.29 is 28.7 Å². The lowest BCUT2D eigenvalue weighted by molar-refractivity contribution is -0.146. The predicted octanol–water partition coefficient (Wildman–Crippen LogP) is -0.346. The van der Waals surface area contributed by atoms with Gasteiger partial charge in [-0.05, 0) is 0 Å². The molecule has 0 rings (SSSR count). The number of imide groups is 1. The van der Waals surface area contributed by atoms with E-state index in [9.17, 15) is 19.2 Å². The summed E-state index contributed by atoms with van der Waals surface area (Å²) < 4.78 is 8.96. The van der Waals surface area contributed by atoms with Crippen LogP contribution in [0.1, 0.15) is 13.8 Å². The SMILES string of the molecule is COC(=O)/C=C/C(=O)OCCN(C(C)=O)C(C)=O. The van der Waals surface area contributed by atoms with Gasteiger partial charge in [-0.15, -0.1) is 0 Å². The van der Waals surface area contributed by atoms with Crippen LogP contribution in [0.5, 0.6) is 0 Å². The number of rotatable bonds is 5. The zero-order valence-corrected chi connectivity index (χ0v) is 10.5. The second-order valence-corrected chi connectivity index (χ2v) is 3.21. The molecule has 0 bridgehead atoms. The molecule has 7 nitrogen and oxygen atoms in total. The van der Waals surface area contributed by atoms with Gasteiger partial charge in [0, 0.05) is 26.0 Å². The zero-order chi connectivity index (χ0) is 14.1. The van der Waals surface area contributed by atoms with Crippen LogP contribution in [0.2, 0.25) is 0 Å². The van der Waals surface area contributed by atoms with Gasteiger partial charge in [0.25, 0.3) is 0 Å². The molecule has 0 N–H and O–H groups in total. The van der Waals surface area contributed by atoms with E-state index >= 15 is 0 Å². The summed E-state index contributed by atoms with van der Waals surface area (Å²) in [6.07, 6.45) is 1.81. The predicted molar refractivity (Wildman–Crippen MR) is 60.2 cm³/mol. The Balaban J connectivity index is 4.07. The van der Waals surface area contributed by atoms with Crippen molar-refractivity contribution in [1.82, 2.24) is 4.90 Å². The summed E-state index contributed by atoms with van der Waals surface area (Å²) in [6, 6.07) is 0. The molecule has 0 radical (unpaired) electrons. The normalized spacial score (nSPS) is 9.94. The summed E-state index contributed by atoms with van der Waals surface area (Å²) in [5.41, 5.74) is 0. The molecule has 0 aliphatic carbocycles. The Labute approximate surface area is 104 Å². The van der Waals surface area contributed by atoms with Gasteiger partial charge in [-0.2, -0.15) is 0 Å². The second-order valence-electron chi connectivity index (χ2n) is 3.21. The van der Waals surface area contributed by atoms with Gasteiger partial charge in [0.05, 0.1) is 13.7 Å². The summed E-state index contributed by atoms with van der Waals surface area (Å²) >= 11 is 0. The Morgan fingerprint density at radius 2 is 1.50 bits per heavy atom. The number of hydrogen-bond donors (Lipinski definition) is 0. The molecule has 0 aromatic heterocycles. The third-order valence-corrected chi connectivity index (χ3v) is 1.88. The minimum atomic E-state index is -0.757. The largest absolute Gasteiger partial charge is 0.466 e. The lowest BCUT2D eigenvalue weighted by Gasteiger charge is -2.16. The van der Waals surface area contributed by atoms with Crippen molar-refractivity contribution >= 4 is 23.8 Å². The molecule has 7 heteroatoms. The fourth-order valence-electron chi connectivity index (χ4n) is 1.03. The molecule has 0 aromatic rings. The Bertz CT molecular complexity index is 360. The van der Waals surface area contributed by atoms with Gasteiger partial charge < -0.3 is 9.47 Å². The molecular weight excluding hydrogens is 242 g/mol. The van der Waals surface area contributed by atoms with Crippen molar-refractivity contribution in [3.8, 4) is 0 Å². The van der Waals surface area contributed by atoms with Crippen molar-refractivity contribution in [3.05, 3.63) is 12.2 Å². The monoisotopic (exact) mass is 257 g/mol. The van der Waals surface area contributed by atoms with Crippen LogP contribution in [-0.4, -0.2) is 48.9 Å². The summed E-state index contributed by atoms with van der Waals surface area (Å²) in [7, 11) is 1.18. The van der Waals surface area contributed by atoms with E-state index in [1.165, 1.54) is 21.0 Å². The molecule has 100 valence electrons. The number of methoxy groups -OCH3 is 1. The first-order chi connectivity index (χ1) is 8.38. The van der Waals surface area contributed by atoms with E-state index in [0.717, 1.165) is 17.1 Å². The summed E-state index contributed by atoms with van der Waals surface area (Å²) in [6.45, 7) is 2.31. The van der Waals surface area contributed by atoms with Gasteiger partial charge in [0.2, 0.25) is 11.8 Å². The maximum Gasteiger partial charge on any atom is 0.331 e. The fraction of sp³-hybridized carbons (Fsp3) is 0.455. The van der Waals surface area contributed by atoms with Gasteiger partial charge in [-0.25, -0.2) is 9.59 Å². The van der Waals surface area contributed by atoms with E-state index in [1.807, 2.05) is 0 Å². The standard InChI is InChI=1S/C11H15NO6/c1-8(13)12(9(2)14)6-7-18-11(16)5-4-10(15)17-3/h4-5H,6-7H2,1-3H3/b5-4+. The highest BCUT2D eigenvalue weighted by atomic mass is 16.5. The molecule has 2 amide bonds. The van der Waals surface area contributed by atoms with E-state index in [1.54, 1.807) is 0 Å². The van der Waals surface area contributed by atoms with E-state index < -0.39 is 23.8 Å². The van der Waals surface area contributed by atoms with Gasteiger partial charge in [0.1, 0.15) is 6.61 Å². The second kappa shape index (κ2) is 7.99. The van der Waals surface area contributed by atoms with E-state index in [-0.39, 0.29) is 13.2 Å². The van der Waals surface area contributed by atoms with E-state index in [0.29, 0.717) is 0 Å². The zero-order valence-electron chi connectivity index (χ0n) is 10.5. The van der Waals surface area contributed by atoms with Crippen molar-refractivity contribution in [3.63, 3.8) is 0 Å². The van der Waals surface area contributed by atoms with Gasteiger partial charge in [-0.3, -0.25) is 14.5 Å². The number of ether oxygens (including phenoxy) is 2. The summed E-state index contributed by atoms with van der Waals surface area (Å²) in [5, 5.41) is 0. The first-order valence-corrected chi connectivity index (χ1v) is 5.10. The highest BCUT2D eigenvalue weighted by Crippen LogP contribution is 1.92. The lowest BCUT2D eigenvalue weighted by Crippen LogP contribution is -2.36. The van der Waals surface area contributed by atoms with Gasteiger partial charge >= 0.3 is 11.9 Å². The number of esters is 2. The molecule has 0 heterocycles. The number of hydrogen-bond acceptors (Lipinski definition) is 6. The van der Waals surface area contributed by atoms with Crippen molar-refractivity contribution in [2.45, 2.75) is 13.8 Å². The Morgan fingerprint density at radius 1 is 1.00 bits per heavy atom. The topological polar surface area (TPSA) is 90.0 Å². The number of nitrogens with zero attached hydrogens (tertiary/aromatic N) is 1. The molecule has 0 aliphatic heterocycles. The Kier molecular flexibility index (Phi) is 7.02. The van der Waals surface area contributed by atoms with E-state index in [2.05, 4.69) is 9.47 Å². The van der Waals surface area contributed by atoms with Crippen LogP contribution in [-0.2, 0) is 28.7 Å². The first-order valence-electron chi connectivity index (χ1n) is 5.10. The molecule has 0 fully saturated rings. The van der Waals surface area contributed by atoms with Crippen LogP contribution in [0.15, 0.2) is 12.2 Å². The quantitative estimate of drug-likeness (QED) is 0.494. The lowest BCUT2D eigenvalue weighted by atomic mass is 10.4. The van der Waals surface area contributed by atoms with Crippen LogP contribution in [0.3, 0.4) is 0 Å². The smallest absolute Gasteiger partial charge is 0.331 e. The molecule has 0 aromatic carbocycles. The maximum atomic E-state index is 11.1. The Hall–Kier alpha value is -2.18. The summed E-state index contributed by atoms with van der Waals surface area (Å²) in [5.74, 6) is -2.29. The van der Waals surface area contributed by atoms with Crippen LogP contribution in [0, 0.1) is 0 Å². The van der Waals surface area contributed by atoms with E-state index in [4.69, 9.17) is 0 Å². The molecule has 0 aliphatic rings. The third kappa shape index (κ3) is 6.41. The van der Waals surface area contributed by atoms with Crippen molar-refractivity contribution in [2.75, 3.05) is 20.3 Å². The average molecular weight is 257 g/mol. The third-order valence-electron chi connectivity index (χ3n) is 1.88. The summed E-state index contributed by atoms with van der Waals surface area (Å²) in [4.78, 5) is 44.7. The molecule has 18 heavy (non-hydrogen) atoms. The van der Waals surface area contributed by atoms with Crippen LogP contribution < -0.4 is 0 Å². The number of amides is 2. The number of carbonyl (C=O) groups is 4. The van der Waals surface area contributed by atoms with Gasteiger partial charge in [0.15, 0.2) is 0 Å². The molecule has 0 saturated heterocycles. The fourth-order valence-corrected chi connectivity index (χ4v) is 1.03.